The molecule has 0 unspecified atom stereocenters. The molecule has 0 saturated heterocycles. The van der Waals surface area contributed by atoms with Crippen LogP contribution in [0.25, 0.3) is 43.8 Å². The van der Waals surface area contributed by atoms with Gasteiger partial charge in [0.1, 0.15) is 0 Å². The normalized spacial score (nSPS) is 12.0. The van der Waals surface area contributed by atoms with Crippen LogP contribution in [0.2, 0.25) is 0 Å². The monoisotopic (exact) mass is 252 g/mol. The van der Waals surface area contributed by atoms with Crippen LogP contribution in [-0.2, 0) is 0 Å². The molecule has 4 aromatic rings. The summed E-state index contributed by atoms with van der Waals surface area (Å²) >= 11 is 0. The summed E-state index contributed by atoms with van der Waals surface area (Å²) in [7, 11) is 0. The number of hydrogen-bond acceptors (Lipinski definition) is 0. The molecule has 0 spiro atoms. The predicted molar refractivity (Wildman–Crippen MR) is 85.9 cm³/mol. The van der Waals surface area contributed by atoms with Gasteiger partial charge in [-0.2, -0.15) is 0 Å². The second-order valence-corrected chi connectivity index (χ2v) is 5.45. The van der Waals surface area contributed by atoms with E-state index in [4.69, 9.17) is 0 Å². The number of hydrogen-bond donors (Lipinski definition) is 0. The minimum absolute atomic E-state index is 1.33. The van der Waals surface area contributed by atoms with Gasteiger partial charge in [-0.3, -0.25) is 0 Å². The van der Waals surface area contributed by atoms with Gasteiger partial charge in [-0.1, -0.05) is 60.7 Å². The van der Waals surface area contributed by atoms with E-state index in [9.17, 15) is 0 Å². The fourth-order valence-electron chi connectivity index (χ4n) is 3.47. The highest BCUT2D eigenvalue weighted by molar-refractivity contribution is 6.14. The smallest absolute Gasteiger partial charge is 0.00930 e. The number of rotatable bonds is 0. The molecular formula is C20H12. The summed E-state index contributed by atoms with van der Waals surface area (Å²) in [5.74, 6) is 0. The van der Waals surface area contributed by atoms with Crippen molar-refractivity contribution in [3.05, 3.63) is 72.8 Å². The van der Waals surface area contributed by atoms with Crippen molar-refractivity contribution in [2.45, 2.75) is 0 Å². The molecule has 0 amide bonds. The summed E-state index contributed by atoms with van der Waals surface area (Å²) in [5.41, 5.74) is 5.37. The molecule has 0 fully saturated rings. The van der Waals surface area contributed by atoms with Gasteiger partial charge in [0.15, 0.2) is 0 Å². The van der Waals surface area contributed by atoms with Crippen molar-refractivity contribution >= 4 is 21.5 Å². The van der Waals surface area contributed by atoms with Gasteiger partial charge in [-0.15, -0.1) is 0 Å². The summed E-state index contributed by atoms with van der Waals surface area (Å²) in [5, 5.41) is 5.38. The molecule has 0 radical (unpaired) electrons. The van der Waals surface area contributed by atoms with Crippen molar-refractivity contribution < 1.29 is 0 Å². The Balaban J connectivity index is 2.12. The van der Waals surface area contributed by atoms with Crippen molar-refractivity contribution in [1.29, 1.82) is 0 Å². The van der Waals surface area contributed by atoms with E-state index in [2.05, 4.69) is 72.8 Å². The van der Waals surface area contributed by atoms with Crippen molar-refractivity contribution in [2.75, 3.05) is 0 Å². The van der Waals surface area contributed by atoms with E-state index in [1.54, 1.807) is 0 Å². The zero-order valence-electron chi connectivity index (χ0n) is 10.9. The Kier molecular flexibility index (Phi) is 1.78. The van der Waals surface area contributed by atoms with Gasteiger partial charge in [0.25, 0.3) is 0 Å². The van der Waals surface area contributed by atoms with Crippen LogP contribution >= 0.6 is 0 Å². The van der Waals surface area contributed by atoms with Crippen molar-refractivity contribution in [2.24, 2.45) is 0 Å². The summed E-state index contributed by atoms with van der Waals surface area (Å²) in [4.78, 5) is 0. The van der Waals surface area contributed by atoms with Crippen LogP contribution < -0.4 is 0 Å². The van der Waals surface area contributed by atoms with Crippen molar-refractivity contribution in [3.63, 3.8) is 0 Å². The highest BCUT2D eigenvalue weighted by atomic mass is 14.2. The first-order valence-electron chi connectivity index (χ1n) is 6.97. The lowest BCUT2D eigenvalue weighted by Gasteiger charge is -2.07. The number of fused-ring (bicyclic) bond motifs is 2. The fraction of sp³-hybridized carbons (Fsp3) is 0. The van der Waals surface area contributed by atoms with Crippen LogP contribution in [0.15, 0.2) is 72.8 Å². The van der Waals surface area contributed by atoms with E-state index in [1.807, 2.05) is 0 Å². The molecule has 20 heavy (non-hydrogen) atoms. The highest BCUT2D eigenvalue weighted by Crippen LogP contribution is 2.44. The van der Waals surface area contributed by atoms with Crippen LogP contribution in [0.1, 0.15) is 0 Å². The van der Waals surface area contributed by atoms with Crippen molar-refractivity contribution in [3.8, 4) is 22.3 Å². The maximum atomic E-state index is 2.34. The minimum Gasteiger partial charge on any atom is -0.0616 e. The van der Waals surface area contributed by atoms with Gasteiger partial charge < -0.3 is 0 Å². The molecule has 0 heterocycles. The van der Waals surface area contributed by atoms with E-state index >= 15 is 0 Å². The van der Waals surface area contributed by atoms with Crippen LogP contribution in [0, 0.1) is 0 Å². The van der Waals surface area contributed by atoms with Crippen LogP contribution in [0.5, 0.6) is 0 Å². The standard InChI is InChI=1S/C20H12/c1-2-6-15-13(5-1)11-14-12-20(15)19-10-9-16(14)17-7-3-4-8-18(17)19/h1-12H. The quantitative estimate of drug-likeness (QED) is 0.334. The summed E-state index contributed by atoms with van der Waals surface area (Å²) in [6.45, 7) is 0. The number of benzene rings is 4. The lowest BCUT2D eigenvalue weighted by atomic mass is 9.97. The van der Waals surface area contributed by atoms with Crippen LogP contribution in [0.3, 0.4) is 0 Å². The average molecular weight is 252 g/mol. The molecule has 2 aliphatic carbocycles. The molecule has 92 valence electrons. The van der Waals surface area contributed by atoms with E-state index in [0.29, 0.717) is 0 Å². The van der Waals surface area contributed by atoms with Crippen molar-refractivity contribution in [1.82, 2.24) is 0 Å². The third kappa shape index (κ3) is 1.16. The first-order valence-corrected chi connectivity index (χ1v) is 6.97. The van der Waals surface area contributed by atoms with Gasteiger partial charge in [-0.05, 0) is 55.9 Å². The van der Waals surface area contributed by atoms with Gasteiger partial charge in [0.2, 0.25) is 0 Å². The third-order valence-electron chi connectivity index (χ3n) is 4.39. The Morgan fingerprint density at radius 3 is 1.95 bits per heavy atom. The molecule has 4 bridgehead atoms. The molecule has 0 aliphatic heterocycles. The van der Waals surface area contributed by atoms with Gasteiger partial charge in [0.05, 0.1) is 0 Å². The molecule has 0 saturated carbocycles. The molecule has 0 heteroatoms. The maximum Gasteiger partial charge on any atom is -0.00930 e. The van der Waals surface area contributed by atoms with Gasteiger partial charge in [0, 0.05) is 0 Å². The molecule has 0 nitrogen and oxygen atoms in total. The first-order chi connectivity index (χ1) is 9.92. The zero-order chi connectivity index (χ0) is 13.1. The van der Waals surface area contributed by atoms with E-state index in [0.717, 1.165) is 0 Å². The Bertz CT molecular complexity index is 993. The molecule has 0 N–H and O–H groups in total. The van der Waals surface area contributed by atoms with E-state index in [-0.39, 0.29) is 0 Å². The lowest BCUT2D eigenvalue weighted by molar-refractivity contribution is 1.74. The summed E-state index contributed by atoms with van der Waals surface area (Å²) < 4.78 is 0. The fourth-order valence-corrected chi connectivity index (χ4v) is 3.47. The summed E-state index contributed by atoms with van der Waals surface area (Å²) in [6.07, 6.45) is 0. The predicted octanol–water partition coefficient (Wildman–Crippen LogP) is 5.64. The van der Waals surface area contributed by atoms with Crippen LogP contribution in [-0.4, -0.2) is 0 Å². The molecule has 6 rings (SSSR count). The molecule has 0 aromatic heterocycles. The Labute approximate surface area is 117 Å². The lowest BCUT2D eigenvalue weighted by Crippen LogP contribution is -1.80. The Morgan fingerprint density at radius 1 is 0.450 bits per heavy atom. The van der Waals surface area contributed by atoms with E-state index in [1.165, 1.54) is 43.8 Å². The second kappa shape index (κ2) is 3.49. The largest absolute Gasteiger partial charge is 0.0616 e. The topological polar surface area (TPSA) is 0 Å². The maximum absolute atomic E-state index is 2.34. The van der Waals surface area contributed by atoms with Gasteiger partial charge in [-0.25, -0.2) is 0 Å². The second-order valence-electron chi connectivity index (χ2n) is 5.45. The van der Waals surface area contributed by atoms with E-state index < -0.39 is 0 Å². The molecular weight excluding hydrogens is 240 g/mol. The minimum atomic E-state index is 1.33. The Morgan fingerprint density at radius 2 is 1.10 bits per heavy atom. The SMILES string of the molecule is c1ccc2c3cc(cc2c1)-c1ccc-3c2ccccc12. The average Bonchev–Trinajstić information content (AvgIpc) is 2.72. The summed E-state index contributed by atoms with van der Waals surface area (Å²) in [6, 6.07) is 26.6. The Hall–Kier alpha value is -2.60. The third-order valence-corrected chi connectivity index (χ3v) is 4.39. The van der Waals surface area contributed by atoms with Crippen LogP contribution in [0.4, 0.5) is 0 Å². The highest BCUT2D eigenvalue weighted by Gasteiger charge is 2.17. The molecule has 4 aromatic carbocycles. The molecule has 2 aliphatic rings. The molecule has 0 atom stereocenters. The zero-order valence-corrected chi connectivity index (χ0v) is 10.9. The first kappa shape index (κ1) is 10.2. The van der Waals surface area contributed by atoms with Gasteiger partial charge >= 0.3 is 0 Å².